The molecule has 0 aromatic heterocycles. The molecule has 0 heterocycles. The van der Waals surface area contributed by atoms with Gasteiger partial charge < -0.3 is 24.4 Å². The second-order valence-electron chi connectivity index (χ2n) is 7.35. The number of phenolic OH excluding ortho intramolecular Hbond substituents is 1. The van der Waals surface area contributed by atoms with Crippen LogP contribution < -0.4 is 14.2 Å². The molecule has 0 aliphatic heterocycles. The maximum atomic E-state index is 12.6. The van der Waals surface area contributed by atoms with Crippen LogP contribution in [0.25, 0.3) is 0 Å². The van der Waals surface area contributed by atoms with Gasteiger partial charge in [0.1, 0.15) is 11.5 Å². The summed E-state index contributed by atoms with van der Waals surface area (Å²) < 4.78 is 16.7. The molecular weight excluding hydrogens is 424 g/mol. The standard InChI is InChI=1S/C26H26O7/c1-17-21(13-11-20(24(17)27)25(28)18-8-4-3-5-9-18)32-14-6-7-15-33-23-16-19(26(29)30)10-12-22(23)31-2/h3-5,8-13,16,27H,6-7,14-15H2,1-2H3,(H,29,30). The quantitative estimate of drug-likeness (QED) is 0.317. The Labute approximate surface area is 192 Å². The molecule has 2 N–H and O–H groups in total. The van der Waals surface area contributed by atoms with Crippen LogP contribution in [0.1, 0.15) is 44.7 Å². The molecule has 0 aliphatic rings. The Morgan fingerprint density at radius 2 is 1.45 bits per heavy atom. The predicted molar refractivity (Wildman–Crippen MR) is 123 cm³/mol. The molecule has 0 radical (unpaired) electrons. The van der Waals surface area contributed by atoms with E-state index in [0.29, 0.717) is 54.4 Å². The van der Waals surface area contributed by atoms with Gasteiger partial charge in [0.2, 0.25) is 0 Å². The van der Waals surface area contributed by atoms with Gasteiger partial charge in [-0.3, -0.25) is 4.79 Å². The Hall–Kier alpha value is -4.00. The average Bonchev–Trinajstić information content (AvgIpc) is 2.83. The molecule has 172 valence electrons. The number of hydrogen-bond donors (Lipinski definition) is 2. The lowest BCUT2D eigenvalue weighted by atomic mass is 10.00. The number of phenols is 1. The summed E-state index contributed by atoms with van der Waals surface area (Å²) in [4.78, 5) is 23.8. The molecule has 0 saturated heterocycles. The highest BCUT2D eigenvalue weighted by molar-refractivity contribution is 6.11. The van der Waals surface area contributed by atoms with Crippen LogP contribution in [0, 0.1) is 6.92 Å². The maximum absolute atomic E-state index is 12.6. The lowest BCUT2D eigenvalue weighted by Crippen LogP contribution is -2.06. The number of methoxy groups -OCH3 is 1. The van der Waals surface area contributed by atoms with Gasteiger partial charge in [0.05, 0.1) is 31.5 Å². The van der Waals surface area contributed by atoms with Crippen molar-refractivity contribution in [1.29, 1.82) is 0 Å². The predicted octanol–water partition coefficient (Wildman–Crippen LogP) is 4.88. The Morgan fingerprint density at radius 3 is 2.09 bits per heavy atom. The summed E-state index contributed by atoms with van der Waals surface area (Å²) in [6, 6.07) is 16.5. The average molecular weight is 450 g/mol. The molecule has 0 unspecified atom stereocenters. The van der Waals surface area contributed by atoms with Gasteiger partial charge in [0.15, 0.2) is 17.3 Å². The first kappa shape index (κ1) is 23.7. The van der Waals surface area contributed by atoms with E-state index in [1.807, 2.05) is 6.07 Å². The van der Waals surface area contributed by atoms with E-state index >= 15 is 0 Å². The molecule has 33 heavy (non-hydrogen) atoms. The number of aromatic hydroxyl groups is 1. The van der Waals surface area contributed by atoms with Crippen LogP contribution in [0.3, 0.4) is 0 Å². The largest absolute Gasteiger partial charge is 0.507 e. The first-order valence-corrected chi connectivity index (χ1v) is 10.5. The van der Waals surface area contributed by atoms with Crippen molar-refractivity contribution in [3.63, 3.8) is 0 Å². The SMILES string of the molecule is COc1ccc(C(=O)O)cc1OCCCCOc1ccc(C(=O)c2ccccc2)c(O)c1C. The lowest BCUT2D eigenvalue weighted by molar-refractivity contribution is 0.0696. The van der Waals surface area contributed by atoms with Gasteiger partial charge in [-0.05, 0) is 50.1 Å². The minimum Gasteiger partial charge on any atom is -0.507 e. The maximum Gasteiger partial charge on any atom is 0.335 e. The zero-order valence-electron chi connectivity index (χ0n) is 18.5. The van der Waals surface area contributed by atoms with Crippen LogP contribution in [-0.2, 0) is 0 Å². The number of carbonyl (C=O) groups excluding carboxylic acids is 1. The Kier molecular flexibility index (Phi) is 7.91. The monoisotopic (exact) mass is 450 g/mol. The van der Waals surface area contributed by atoms with E-state index in [4.69, 9.17) is 19.3 Å². The van der Waals surface area contributed by atoms with E-state index in [1.165, 1.54) is 19.2 Å². The highest BCUT2D eigenvalue weighted by Crippen LogP contribution is 2.32. The Morgan fingerprint density at radius 1 is 0.818 bits per heavy atom. The highest BCUT2D eigenvalue weighted by Gasteiger charge is 2.17. The minimum atomic E-state index is -1.04. The molecule has 0 saturated carbocycles. The lowest BCUT2D eigenvalue weighted by Gasteiger charge is -2.14. The number of carbonyl (C=O) groups is 2. The van der Waals surface area contributed by atoms with Gasteiger partial charge in [-0.15, -0.1) is 0 Å². The van der Waals surface area contributed by atoms with Gasteiger partial charge in [-0.1, -0.05) is 30.3 Å². The topological polar surface area (TPSA) is 102 Å². The number of benzene rings is 3. The molecule has 0 amide bonds. The fourth-order valence-electron chi connectivity index (χ4n) is 3.26. The zero-order valence-corrected chi connectivity index (χ0v) is 18.5. The fourth-order valence-corrected chi connectivity index (χ4v) is 3.26. The molecule has 0 spiro atoms. The van der Waals surface area contributed by atoms with Gasteiger partial charge >= 0.3 is 5.97 Å². The third-order valence-electron chi connectivity index (χ3n) is 5.13. The number of carboxylic acids is 1. The highest BCUT2D eigenvalue weighted by atomic mass is 16.5. The summed E-state index contributed by atoms with van der Waals surface area (Å²) in [5.41, 5.74) is 1.37. The van der Waals surface area contributed by atoms with Crippen molar-refractivity contribution >= 4 is 11.8 Å². The Balaban J connectivity index is 1.51. The first-order chi connectivity index (χ1) is 15.9. The van der Waals surface area contributed by atoms with Crippen LogP contribution in [0.4, 0.5) is 0 Å². The normalized spacial score (nSPS) is 10.5. The third-order valence-corrected chi connectivity index (χ3v) is 5.13. The minimum absolute atomic E-state index is 0.0879. The summed E-state index contributed by atoms with van der Waals surface area (Å²) in [5, 5.41) is 19.6. The van der Waals surface area contributed by atoms with Crippen LogP contribution >= 0.6 is 0 Å². The van der Waals surface area contributed by atoms with Crippen molar-refractivity contribution in [3.05, 3.63) is 82.9 Å². The second kappa shape index (κ2) is 11.0. The van der Waals surface area contributed by atoms with Gasteiger partial charge in [0, 0.05) is 11.1 Å². The van der Waals surface area contributed by atoms with Gasteiger partial charge in [0.25, 0.3) is 0 Å². The molecule has 0 bridgehead atoms. The van der Waals surface area contributed by atoms with Gasteiger partial charge in [-0.25, -0.2) is 4.79 Å². The molecule has 0 fully saturated rings. The van der Waals surface area contributed by atoms with Crippen molar-refractivity contribution in [3.8, 4) is 23.0 Å². The first-order valence-electron chi connectivity index (χ1n) is 10.5. The third kappa shape index (κ3) is 5.83. The second-order valence-corrected chi connectivity index (χ2v) is 7.35. The van der Waals surface area contributed by atoms with Crippen molar-refractivity contribution in [1.82, 2.24) is 0 Å². The van der Waals surface area contributed by atoms with E-state index in [9.17, 15) is 14.7 Å². The number of carboxylic acid groups (broad SMARTS) is 1. The number of hydrogen-bond acceptors (Lipinski definition) is 6. The molecule has 7 heteroatoms. The van der Waals surface area contributed by atoms with Crippen molar-refractivity contribution < 1.29 is 34.0 Å². The van der Waals surface area contributed by atoms with E-state index < -0.39 is 5.97 Å². The summed E-state index contributed by atoms with van der Waals surface area (Å²) >= 11 is 0. The van der Waals surface area contributed by atoms with E-state index in [-0.39, 0.29) is 22.7 Å². The summed E-state index contributed by atoms with van der Waals surface area (Å²) in [7, 11) is 1.49. The molecular formula is C26H26O7. The van der Waals surface area contributed by atoms with E-state index in [2.05, 4.69) is 0 Å². The number of unbranched alkanes of at least 4 members (excludes halogenated alkanes) is 1. The molecule has 0 aliphatic carbocycles. The Bertz CT molecular complexity index is 1120. The molecule has 3 aromatic rings. The zero-order chi connectivity index (χ0) is 23.8. The van der Waals surface area contributed by atoms with E-state index in [0.717, 1.165) is 0 Å². The molecule has 0 atom stereocenters. The van der Waals surface area contributed by atoms with Crippen molar-refractivity contribution in [2.75, 3.05) is 20.3 Å². The van der Waals surface area contributed by atoms with Crippen LogP contribution in [-0.4, -0.2) is 42.3 Å². The summed E-state index contributed by atoms with van der Waals surface area (Å²) in [6.07, 6.45) is 1.34. The van der Waals surface area contributed by atoms with Crippen LogP contribution in [0.5, 0.6) is 23.0 Å². The molecule has 3 aromatic carbocycles. The number of aromatic carboxylic acids is 1. The smallest absolute Gasteiger partial charge is 0.335 e. The van der Waals surface area contributed by atoms with Crippen molar-refractivity contribution in [2.45, 2.75) is 19.8 Å². The van der Waals surface area contributed by atoms with Crippen LogP contribution in [0.15, 0.2) is 60.7 Å². The van der Waals surface area contributed by atoms with Gasteiger partial charge in [-0.2, -0.15) is 0 Å². The molecule has 3 rings (SSSR count). The number of ether oxygens (including phenoxy) is 3. The van der Waals surface area contributed by atoms with Crippen LogP contribution in [0.2, 0.25) is 0 Å². The van der Waals surface area contributed by atoms with Crippen molar-refractivity contribution in [2.24, 2.45) is 0 Å². The fraction of sp³-hybridized carbons (Fsp3) is 0.231. The summed E-state index contributed by atoms with van der Waals surface area (Å²) in [6.45, 7) is 2.46. The summed E-state index contributed by atoms with van der Waals surface area (Å²) in [5.74, 6) is -0.0255. The van der Waals surface area contributed by atoms with E-state index in [1.54, 1.807) is 49.4 Å². The molecule has 7 nitrogen and oxygen atoms in total. The number of ketones is 1. The number of rotatable bonds is 11.